The molecule has 0 radical (unpaired) electrons. The van der Waals surface area contributed by atoms with Gasteiger partial charge < -0.3 is 4.57 Å². The van der Waals surface area contributed by atoms with E-state index in [0.29, 0.717) is 0 Å². The lowest BCUT2D eigenvalue weighted by atomic mass is 9.53. The molecule has 2 heterocycles. The van der Waals surface area contributed by atoms with E-state index in [9.17, 15) is 0 Å². The molecule has 218 valence electrons. The second kappa shape index (κ2) is 9.08. The Bertz CT molecular complexity index is 2540. The summed E-state index contributed by atoms with van der Waals surface area (Å²) in [5.41, 5.74) is 14.3. The summed E-state index contributed by atoms with van der Waals surface area (Å²) in [6, 6.07) is 57.3. The van der Waals surface area contributed by atoms with Crippen LogP contribution in [0.1, 0.15) is 58.4 Å². The van der Waals surface area contributed by atoms with E-state index in [0.717, 1.165) is 6.42 Å². The molecule has 46 heavy (non-hydrogen) atoms. The lowest BCUT2D eigenvalue weighted by molar-refractivity contribution is 0.555. The Labute approximate surface area is 269 Å². The van der Waals surface area contributed by atoms with Gasteiger partial charge in [-0.15, -0.1) is 0 Å². The van der Waals surface area contributed by atoms with Crippen molar-refractivity contribution in [2.45, 2.75) is 31.1 Å². The topological polar surface area (TPSA) is 4.93 Å². The summed E-state index contributed by atoms with van der Waals surface area (Å²) >= 11 is 0. The first-order chi connectivity index (χ1) is 22.6. The van der Waals surface area contributed by atoms with E-state index in [1.54, 1.807) is 0 Å². The smallest absolute Gasteiger partial charge is 0.0748 e. The zero-order chi connectivity index (χ0) is 30.6. The average molecular weight is 588 g/mol. The molecule has 1 heteroatoms. The molecule has 1 aliphatic heterocycles. The van der Waals surface area contributed by atoms with E-state index in [4.69, 9.17) is 0 Å². The highest BCUT2D eigenvalue weighted by molar-refractivity contribution is 6.12. The molecule has 0 fully saturated rings. The van der Waals surface area contributed by atoms with Crippen LogP contribution in [0.3, 0.4) is 0 Å². The van der Waals surface area contributed by atoms with Crippen molar-refractivity contribution >= 4 is 32.6 Å². The molecule has 1 aliphatic carbocycles. The molecule has 7 aromatic carbocycles. The first kappa shape index (κ1) is 25.9. The lowest BCUT2D eigenvalue weighted by Gasteiger charge is -2.50. The summed E-state index contributed by atoms with van der Waals surface area (Å²) in [6.45, 7) is 4.82. The molecule has 0 N–H and O–H groups in total. The molecule has 0 amide bonds. The zero-order valence-electron chi connectivity index (χ0n) is 26.1. The number of benzene rings is 7. The van der Waals surface area contributed by atoms with Crippen LogP contribution in [-0.4, -0.2) is 4.57 Å². The number of fused-ring (bicyclic) bond motifs is 12. The van der Waals surface area contributed by atoms with Crippen molar-refractivity contribution in [3.05, 3.63) is 196 Å². The highest BCUT2D eigenvalue weighted by Gasteiger charge is 2.52. The Morgan fingerprint density at radius 1 is 0.457 bits per heavy atom. The van der Waals surface area contributed by atoms with Gasteiger partial charge in [-0.1, -0.05) is 153 Å². The molecule has 0 saturated carbocycles. The lowest BCUT2D eigenvalue weighted by Crippen LogP contribution is -2.44. The van der Waals surface area contributed by atoms with Crippen LogP contribution in [0.4, 0.5) is 0 Å². The molecule has 0 bridgehead atoms. The molecule has 10 rings (SSSR count). The second-order valence-corrected chi connectivity index (χ2v) is 13.7. The largest absolute Gasteiger partial charge is 0.309 e. The van der Waals surface area contributed by atoms with Crippen LogP contribution in [0.2, 0.25) is 0 Å². The van der Waals surface area contributed by atoms with Crippen LogP contribution in [0.15, 0.2) is 152 Å². The van der Waals surface area contributed by atoms with Crippen molar-refractivity contribution in [1.29, 1.82) is 0 Å². The van der Waals surface area contributed by atoms with Gasteiger partial charge >= 0.3 is 0 Å². The Kier molecular flexibility index (Phi) is 5.11. The molecular weight excluding hydrogens is 555 g/mol. The van der Waals surface area contributed by atoms with Crippen molar-refractivity contribution < 1.29 is 0 Å². The maximum Gasteiger partial charge on any atom is 0.0748 e. The fourth-order valence-electron chi connectivity index (χ4n) is 9.07. The molecule has 1 aromatic heterocycles. The number of rotatable bonds is 2. The van der Waals surface area contributed by atoms with Crippen LogP contribution in [0, 0.1) is 0 Å². The SMILES string of the molecule is CC1(C)c2ccccc2C2(c3ccccc3-n3c4ccccc4c4cccc2c43)c2cc(Cc3ccc4ccccc4c3)ccc21. The molecule has 1 nitrogen and oxygen atoms in total. The number of nitrogens with zero attached hydrogens (tertiary/aromatic N) is 1. The molecule has 0 saturated heterocycles. The third kappa shape index (κ3) is 3.20. The molecule has 2 aliphatic rings. The van der Waals surface area contributed by atoms with Gasteiger partial charge in [0.25, 0.3) is 0 Å². The van der Waals surface area contributed by atoms with E-state index in [1.165, 1.54) is 82.8 Å². The van der Waals surface area contributed by atoms with E-state index >= 15 is 0 Å². The summed E-state index contributed by atoms with van der Waals surface area (Å²) in [5.74, 6) is 0. The van der Waals surface area contributed by atoms with Gasteiger partial charge in [0.1, 0.15) is 0 Å². The van der Waals surface area contributed by atoms with Crippen molar-refractivity contribution in [1.82, 2.24) is 4.57 Å². The quantitative estimate of drug-likeness (QED) is 0.190. The minimum absolute atomic E-state index is 0.147. The van der Waals surface area contributed by atoms with Gasteiger partial charge in [-0.2, -0.15) is 0 Å². The highest BCUT2D eigenvalue weighted by Crippen LogP contribution is 2.60. The van der Waals surface area contributed by atoms with E-state index in [1.807, 2.05) is 0 Å². The third-order valence-electron chi connectivity index (χ3n) is 11.0. The molecule has 1 spiro atoms. The first-order valence-electron chi connectivity index (χ1n) is 16.4. The minimum atomic E-state index is -0.457. The van der Waals surface area contributed by atoms with E-state index < -0.39 is 5.41 Å². The summed E-state index contributed by atoms with van der Waals surface area (Å²) in [4.78, 5) is 0. The van der Waals surface area contributed by atoms with Crippen LogP contribution in [0.25, 0.3) is 38.3 Å². The molecule has 1 unspecified atom stereocenters. The van der Waals surface area contributed by atoms with E-state index in [2.05, 4.69) is 170 Å². The van der Waals surface area contributed by atoms with Crippen molar-refractivity contribution in [3.8, 4) is 5.69 Å². The van der Waals surface area contributed by atoms with Gasteiger partial charge in [0.05, 0.1) is 22.1 Å². The molecule has 8 aromatic rings. The van der Waals surface area contributed by atoms with Gasteiger partial charge in [0, 0.05) is 16.2 Å². The molecular formula is C45H33N. The number of hydrogen-bond donors (Lipinski definition) is 0. The fraction of sp³-hybridized carbons (Fsp3) is 0.111. The van der Waals surface area contributed by atoms with Gasteiger partial charge in [-0.3, -0.25) is 0 Å². The summed E-state index contributed by atoms with van der Waals surface area (Å²) in [5, 5.41) is 5.21. The Morgan fingerprint density at radius 3 is 1.98 bits per heavy atom. The maximum absolute atomic E-state index is 2.55. The van der Waals surface area contributed by atoms with Crippen molar-refractivity contribution in [3.63, 3.8) is 0 Å². The van der Waals surface area contributed by atoms with Crippen LogP contribution >= 0.6 is 0 Å². The van der Waals surface area contributed by atoms with E-state index in [-0.39, 0.29) is 5.41 Å². The Hall–Kier alpha value is -5.40. The second-order valence-electron chi connectivity index (χ2n) is 13.7. The third-order valence-corrected chi connectivity index (χ3v) is 11.0. The number of aromatic nitrogens is 1. The predicted molar refractivity (Wildman–Crippen MR) is 192 cm³/mol. The van der Waals surface area contributed by atoms with Crippen LogP contribution < -0.4 is 0 Å². The summed E-state index contributed by atoms with van der Waals surface area (Å²) < 4.78 is 2.53. The average Bonchev–Trinajstić information content (AvgIpc) is 3.44. The van der Waals surface area contributed by atoms with Gasteiger partial charge in [0.15, 0.2) is 0 Å². The van der Waals surface area contributed by atoms with Crippen molar-refractivity contribution in [2.24, 2.45) is 0 Å². The maximum atomic E-state index is 2.55. The fourth-order valence-corrected chi connectivity index (χ4v) is 9.07. The number of hydrogen-bond acceptors (Lipinski definition) is 0. The van der Waals surface area contributed by atoms with Crippen LogP contribution in [-0.2, 0) is 17.3 Å². The standard InChI is InChI=1S/C45H33N/c1-44(2)35-16-6-7-17-37(35)45(40-28-30(23-25-36(40)44)26-29-22-24-31-12-3-4-13-32(31)27-29)38-18-8-10-21-42(38)46-41-20-9-5-14-33(41)34-15-11-19-39(45)43(34)46/h3-25,27-28H,26H2,1-2H3. The van der Waals surface area contributed by atoms with Gasteiger partial charge in [-0.25, -0.2) is 0 Å². The Morgan fingerprint density at radius 2 is 1.09 bits per heavy atom. The summed E-state index contributed by atoms with van der Waals surface area (Å²) in [7, 11) is 0. The monoisotopic (exact) mass is 587 g/mol. The predicted octanol–water partition coefficient (Wildman–Crippen LogP) is 10.9. The number of para-hydroxylation sites is 3. The molecule has 1 atom stereocenters. The van der Waals surface area contributed by atoms with Gasteiger partial charge in [0.2, 0.25) is 0 Å². The highest BCUT2D eigenvalue weighted by atomic mass is 15.0. The minimum Gasteiger partial charge on any atom is -0.309 e. The summed E-state index contributed by atoms with van der Waals surface area (Å²) in [6.07, 6.45) is 0.891. The van der Waals surface area contributed by atoms with Crippen LogP contribution in [0.5, 0.6) is 0 Å². The van der Waals surface area contributed by atoms with Gasteiger partial charge in [-0.05, 0) is 73.8 Å². The van der Waals surface area contributed by atoms with Crippen molar-refractivity contribution in [2.75, 3.05) is 0 Å². The first-order valence-corrected chi connectivity index (χ1v) is 16.4. The normalized spacial score (nSPS) is 17.3. The zero-order valence-corrected chi connectivity index (χ0v) is 26.1. The Balaban J connectivity index is 1.33.